The van der Waals surface area contributed by atoms with Gasteiger partial charge in [-0.3, -0.25) is 4.99 Å². The number of morpholine rings is 1. The number of hydrogen-bond acceptors (Lipinski definition) is 10. The van der Waals surface area contributed by atoms with Crippen molar-refractivity contribution < 1.29 is 18.3 Å². The lowest BCUT2D eigenvalue weighted by atomic mass is 10.0. The largest absolute Gasteiger partial charge is 0.494 e. The number of anilines is 4. The van der Waals surface area contributed by atoms with E-state index < -0.39 is 11.6 Å². The second kappa shape index (κ2) is 13.2. The number of halogens is 2. The first-order chi connectivity index (χ1) is 20.4. The molecule has 1 aromatic carbocycles. The highest BCUT2D eigenvalue weighted by Gasteiger charge is 2.28. The molecule has 3 heterocycles. The third-order valence-corrected chi connectivity index (χ3v) is 7.47. The van der Waals surface area contributed by atoms with Gasteiger partial charge in [0.25, 0.3) is 0 Å². The third-order valence-electron chi connectivity index (χ3n) is 7.47. The van der Waals surface area contributed by atoms with E-state index in [0.29, 0.717) is 67.7 Å². The summed E-state index contributed by atoms with van der Waals surface area (Å²) in [5, 5.41) is 3.27. The van der Waals surface area contributed by atoms with Gasteiger partial charge >= 0.3 is 0 Å². The lowest BCUT2D eigenvalue weighted by Crippen LogP contribution is -2.37. The van der Waals surface area contributed by atoms with Gasteiger partial charge in [-0.15, -0.1) is 0 Å². The number of aromatic nitrogens is 4. The molecule has 2 aromatic heterocycles. The first-order valence-corrected chi connectivity index (χ1v) is 14.2. The Bertz CT molecular complexity index is 1450. The molecule has 5 rings (SSSR count). The minimum atomic E-state index is -0.664. The molecular formula is C30H36F2N8O2. The maximum atomic E-state index is 14.8. The van der Waals surface area contributed by atoms with Gasteiger partial charge in [-0.1, -0.05) is 5.57 Å². The van der Waals surface area contributed by atoms with Crippen LogP contribution >= 0.6 is 0 Å². The first kappa shape index (κ1) is 29.3. The van der Waals surface area contributed by atoms with E-state index in [1.165, 1.54) is 24.0 Å². The molecule has 1 saturated carbocycles. The van der Waals surface area contributed by atoms with Gasteiger partial charge in [0.1, 0.15) is 40.9 Å². The summed E-state index contributed by atoms with van der Waals surface area (Å²) in [5.41, 5.74) is 9.87. The summed E-state index contributed by atoms with van der Waals surface area (Å²) < 4.78 is 40.3. The Kier molecular flexibility index (Phi) is 9.21. The van der Waals surface area contributed by atoms with E-state index in [9.17, 15) is 8.78 Å². The molecule has 3 aromatic rings. The van der Waals surface area contributed by atoms with E-state index in [1.54, 1.807) is 19.2 Å². The van der Waals surface area contributed by atoms with Crippen LogP contribution in [0.5, 0.6) is 5.75 Å². The van der Waals surface area contributed by atoms with Gasteiger partial charge in [-0.2, -0.15) is 0 Å². The average molecular weight is 579 g/mol. The van der Waals surface area contributed by atoms with E-state index in [1.807, 2.05) is 6.92 Å². The van der Waals surface area contributed by atoms with Crippen molar-refractivity contribution in [2.24, 2.45) is 10.9 Å². The lowest BCUT2D eigenvalue weighted by Gasteiger charge is -2.31. The molecule has 12 heteroatoms. The highest BCUT2D eigenvalue weighted by molar-refractivity contribution is 6.11. The molecule has 42 heavy (non-hydrogen) atoms. The maximum absolute atomic E-state index is 14.8. The predicted molar refractivity (Wildman–Crippen MR) is 159 cm³/mol. The Morgan fingerprint density at radius 2 is 1.90 bits per heavy atom. The van der Waals surface area contributed by atoms with Crippen molar-refractivity contribution in [3.63, 3.8) is 0 Å². The van der Waals surface area contributed by atoms with E-state index >= 15 is 0 Å². The molecule has 0 radical (unpaired) electrons. The summed E-state index contributed by atoms with van der Waals surface area (Å²) >= 11 is 0. The minimum Gasteiger partial charge on any atom is -0.494 e. The molecule has 1 saturated heterocycles. The first-order valence-electron chi connectivity index (χ1n) is 14.2. The number of nitrogens with one attached hydrogen (secondary N) is 1. The smallest absolute Gasteiger partial charge is 0.182 e. The number of ether oxygens (including phenoxy) is 2. The van der Waals surface area contributed by atoms with Gasteiger partial charge in [0.05, 0.1) is 19.8 Å². The summed E-state index contributed by atoms with van der Waals surface area (Å²) in [6.07, 6.45) is 5.35. The van der Waals surface area contributed by atoms with Crippen molar-refractivity contribution >= 4 is 28.9 Å². The van der Waals surface area contributed by atoms with E-state index in [4.69, 9.17) is 30.2 Å². The summed E-state index contributed by atoms with van der Waals surface area (Å²) in [6.45, 7) is 8.64. The number of nitrogens with zero attached hydrogens (tertiary/aromatic N) is 6. The minimum absolute atomic E-state index is 0.0451. The van der Waals surface area contributed by atoms with Gasteiger partial charge in [0.15, 0.2) is 17.5 Å². The number of aliphatic imine (C=N–C) groups is 1. The highest BCUT2D eigenvalue weighted by atomic mass is 19.1. The van der Waals surface area contributed by atoms with E-state index in [2.05, 4.69) is 27.1 Å². The van der Waals surface area contributed by atoms with Crippen LogP contribution in [0.3, 0.4) is 0 Å². The van der Waals surface area contributed by atoms with Crippen LogP contribution in [-0.2, 0) is 11.2 Å². The quantitative estimate of drug-likeness (QED) is 0.306. The summed E-state index contributed by atoms with van der Waals surface area (Å²) in [4.78, 5) is 24.8. The number of benzene rings is 1. The van der Waals surface area contributed by atoms with Crippen LogP contribution in [-0.4, -0.2) is 65.1 Å². The molecule has 0 atom stereocenters. The summed E-state index contributed by atoms with van der Waals surface area (Å²) in [7, 11) is 0. The fourth-order valence-electron chi connectivity index (χ4n) is 4.96. The van der Waals surface area contributed by atoms with Crippen LogP contribution in [0.2, 0.25) is 0 Å². The zero-order valence-corrected chi connectivity index (χ0v) is 24.2. The van der Waals surface area contributed by atoms with Crippen LogP contribution in [0.4, 0.5) is 31.9 Å². The summed E-state index contributed by atoms with van der Waals surface area (Å²) in [6, 6.07) is 4.14. The monoisotopic (exact) mass is 578 g/mol. The second-order valence-electron chi connectivity index (χ2n) is 10.3. The standard InChI is InChI=1S/C30H36F2N8O2/c1-4-42-21-15-23(31)22(24(32)16-21)7-10-35-26(19(3)18(2)20-5-6-20)29-38-28(33)27(40-11-13-41-14-12-40)30(39-29)37-25-8-9-34-17-36-25/h8-9,15-17,20H,4-7,10-14H2,1-3H3,(H3,33,34,36,37,38,39)/b19-18+,35-26?. The molecule has 0 bridgehead atoms. The topological polar surface area (TPSA) is 124 Å². The zero-order chi connectivity index (χ0) is 29.6. The summed E-state index contributed by atoms with van der Waals surface area (Å²) in [5.74, 6) is 0.938. The molecule has 0 spiro atoms. The van der Waals surface area contributed by atoms with Crippen LogP contribution in [0, 0.1) is 17.6 Å². The number of hydrogen-bond donors (Lipinski definition) is 2. The molecule has 10 nitrogen and oxygen atoms in total. The normalized spacial score (nSPS) is 16.3. The van der Waals surface area contributed by atoms with Crippen molar-refractivity contribution in [1.29, 1.82) is 0 Å². The Morgan fingerprint density at radius 3 is 2.55 bits per heavy atom. The van der Waals surface area contributed by atoms with Crippen LogP contribution in [0.15, 0.2) is 46.9 Å². The SMILES string of the molecule is CCOc1cc(F)c(CCN=C(/C(C)=C(\C)C2CC2)c2nc(N)c(N3CCOCC3)c(Nc3ccncn3)n2)c(F)c1. The van der Waals surface area contributed by atoms with Crippen LogP contribution in [0.25, 0.3) is 0 Å². The number of allylic oxidation sites excluding steroid dienone is 2. The Morgan fingerprint density at radius 1 is 1.17 bits per heavy atom. The molecule has 1 aliphatic carbocycles. The van der Waals surface area contributed by atoms with Crippen LogP contribution < -0.4 is 20.7 Å². The van der Waals surface area contributed by atoms with Crippen molar-refractivity contribution in [1.82, 2.24) is 19.9 Å². The van der Waals surface area contributed by atoms with E-state index in [0.717, 1.165) is 18.4 Å². The number of rotatable bonds is 11. The van der Waals surface area contributed by atoms with Crippen molar-refractivity contribution in [3.05, 3.63) is 64.9 Å². The lowest BCUT2D eigenvalue weighted by molar-refractivity contribution is 0.123. The van der Waals surface area contributed by atoms with Crippen LogP contribution in [0.1, 0.15) is 45.0 Å². The van der Waals surface area contributed by atoms with Crippen molar-refractivity contribution in [2.45, 2.75) is 40.0 Å². The Balaban J connectivity index is 1.53. The maximum Gasteiger partial charge on any atom is 0.182 e. The molecular weight excluding hydrogens is 542 g/mol. The fourth-order valence-corrected chi connectivity index (χ4v) is 4.96. The van der Waals surface area contributed by atoms with Crippen molar-refractivity contribution in [2.75, 3.05) is 55.4 Å². The van der Waals surface area contributed by atoms with Gasteiger partial charge in [-0.25, -0.2) is 28.7 Å². The third kappa shape index (κ3) is 6.81. The number of nitrogen functional groups attached to an aromatic ring is 1. The fraction of sp³-hybridized carbons (Fsp3) is 0.433. The van der Waals surface area contributed by atoms with Gasteiger partial charge in [0.2, 0.25) is 0 Å². The molecule has 0 amide bonds. The Labute approximate surface area is 244 Å². The van der Waals surface area contributed by atoms with Crippen molar-refractivity contribution in [3.8, 4) is 5.75 Å². The molecule has 0 unspecified atom stereocenters. The number of nitrogens with two attached hydrogens (primary N) is 1. The van der Waals surface area contributed by atoms with Gasteiger partial charge in [0, 0.05) is 43.5 Å². The predicted octanol–water partition coefficient (Wildman–Crippen LogP) is 4.88. The average Bonchev–Trinajstić information content (AvgIpc) is 3.83. The molecule has 1 aliphatic heterocycles. The Hall–Kier alpha value is -4.19. The van der Waals surface area contributed by atoms with E-state index in [-0.39, 0.29) is 30.1 Å². The molecule has 2 aliphatic rings. The second-order valence-corrected chi connectivity index (χ2v) is 10.3. The zero-order valence-electron chi connectivity index (χ0n) is 24.2. The molecule has 2 fully saturated rings. The molecule has 222 valence electrons. The molecule has 3 N–H and O–H groups in total. The highest BCUT2D eigenvalue weighted by Crippen LogP contribution is 2.39. The van der Waals surface area contributed by atoms with Gasteiger partial charge in [-0.05, 0) is 57.6 Å². The van der Waals surface area contributed by atoms with Gasteiger partial charge < -0.3 is 25.4 Å².